The summed E-state index contributed by atoms with van der Waals surface area (Å²) in [5, 5.41) is 66.4. The quantitative estimate of drug-likeness (QED) is 0.115. The van der Waals surface area contributed by atoms with Gasteiger partial charge in [-0.05, 0) is 47.6 Å². The molecule has 0 aliphatic carbocycles. The van der Waals surface area contributed by atoms with Gasteiger partial charge in [-0.3, -0.25) is 9.59 Å². The van der Waals surface area contributed by atoms with E-state index in [-0.39, 0.29) is 44.9 Å². The summed E-state index contributed by atoms with van der Waals surface area (Å²) >= 11 is 0. The van der Waals surface area contributed by atoms with Crippen LogP contribution >= 0.6 is 0 Å². The highest BCUT2D eigenvalue weighted by atomic mass is 16.4. The molecule has 41 heavy (non-hydrogen) atoms. The third-order valence-electron chi connectivity index (χ3n) is 7.22. The van der Waals surface area contributed by atoms with E-state index < -0.39 is 34.5 Å². The van der Waals surface area contributed by atoms with Crippen molar-refractivity contribution in [2.24, 2.45) is 0 Å². The summed E-state index contributed by atoms with van der Waals surface area (Å²) in [6.45, 7) is 10.5. The number of benzene rings is 4. The summed E-state index contributed by atoms with van der Waals surface area (Å²) in [5.74, 6) is -3.57. The maximum atomic E-state index is 12.0. The van der Waals surface area contributed by atoms with E-state index in [1.807, 2.05) is 0 Å². The molecule has 9 heteroatoms. The third-order valence-corrected chi connectivity index (χ3v) is 7.22. The van der Waals surface area contributed by atoms with Crippen LogP contribution in [0.15, 0.2) is 12.1 Å². The van der Waals surface area contributed by atoms with E-state index in [4.69, 9.17) is 0 Å². The number of phenolic OH excluding ortho intramolecular Hbond substituents is 6. The first-order valence-corrected chi connectivity index (χ1v) is 13.0. The van der Waals surface area contributed by atoms with Gasteiger partial charge in [0.2, 0.25) is 0 Å². The maximum absolute atomic E-state index is 12.0. The average Bonchev–Trinajstić information content (AvgIpc) is 2.88. The molecular formula is C32H36O9. The molecule has 218 valence electrons. The van der Waals surface area contributed by atoms with Crippen LogP contribution in [0.2, 0.25) is 0 Å². The predicted molar refractivity (Wildman–Crippen MR) is 158 cm³/mol. The molecule has 4 aromatic rings. The molecule has 4 rings (SSSR count). The molecule has 0 amide bonds. The van der Waals surface area contributed by atoms with Gasteiger partial charge in [-0.1, -0.05) is 39.8 Å². The Balaban J connectivity index is 0.00000147. The number of aromatic hydroxyl groups is 6. The van der Waals surface area contributed by atoms with E-state index in [0.717, 1.165) is 0 Å². The summed E-state index contributed by atoms with van der Waals surface area (Å²) in [5.41, 5.74) is 1.33. The van der Waals surface area contributed by atoms with Crippen LogP contribution in [0, 0.1) is 13.8 Å². The zero-order valence-electron chi connectivity index (χ0n) is 24.4. The number of aryl methyl sites for hydroxylation is 2. The first-order chi connectivity index (χ1) is 19.2. The second-order valence-corrected chi connectivity index (χ2v) is 10.7. The standard InChI is InChI=1S/C30H30O8.C2H6O/c1-11(2)19-15-7-13(5)21(27(35)23(15)17(9-31)25(33)29(19)37)22-14(6)8-16-20(12(3)4)30(38)26(34)18(10-32)24(16)28(22)36;1-3-2/h7-12,33-38H,1-6H3;1-2H3. The van der Waals surface area contributed by atoms with Crippen LogP contribution in [0.5, 0.6) is 34.5 Å². The zero-order chi connectivity index (χ0) is 31.1. The van der Waals surface area contributed by atoms with Crippen LogP contribution < -0.4 is 0 Å². The Morgan fingerprint density at radius 2 is 0.878 bits per heavy atom. The van der Waals surface area contributed by atoms with Gasteiger partial charge in [-0.25, -0.2) is 0 Å². The minimum atomic E-state index is -0.661. The average molecular weight is 565 g/mol. The Hall–Kier alpha value is -4.50. The lowest BCUT2D eigenvalue weighted by Crippen LogP contribution is -2.01. The van der Waals surface area contributed by atoms with Crippen molar-refractivity contribution in [1.82, 2.24) is 0 Å². The van der Waals surface area contributed by atoms with Gasteiger partial charge in [-0.2, -0.15) is 0 Å². The summed E-state index contributed by atoms with van der Waals surface area (Å²) in [6, 6.07) is 3.31. The van der Waals surface area contributed by atoms with Crippen LogP contribution in [0.1, 0.15) is 82.5 Å². The van der Waals surface area contributed by atoms with Crippen molar-refractivity contribution in [2.45, 2.75) is 53.4 Å². The van der Waals surface area contributed by atoms with E-state index in [9.17, 15) is 40.2 Å². The van der Waals surface area contributed by atoms with Crippen molar-refractivity contribution in [1.29, 1.82) is 0 Å². The molecule has 0 saturated heterocycles. The topological polar surface area (TPSA) is 165 Å². The molecule has 0 bridgehead atoms. The minimum Gasteiger partial charge on any atom is -0.507 e. The lowest BCUT2D eigenvalue weighted by atomic mass is 9.83. The molecule has 4 aromatic carbocycles. The number of rotatable bonds is 5. The number of hydrogen-bond donors (Lipinski definition) is 6. The SMILES string of the molecule is COC.Cc1cc2c(C(C)C)c(O)c(O)c(C=O)c2c(O)c1-c1c(C)cc2c(C(C)C)c(O)c(O)c(C=O)c2c1O. The van der Waals surface area contributed by atoms with Crippen molar-refractivity contribution >= 4 is 34.1 Å². The molecule has 6 N–H and O–H groups in total. The molecule has 0 unspecified atom stereocenters. The van der Waals surface area contributed by atoms with Crippen molar-refractivity contribution in [3.63, 3.8) is 0 Å². The fourth-order valence-corrected chi connectivity index (χ4v) is 5.60. The van der Waals surface area contributed by atoms with Gasteiger partial charge in [0.15, 0.2) is 35.6 Å². The highest BCUT2D eigenvalue weighted by Crippen LogP contribution is 2.54. The van der Waals surface area contributed by atoms with Crippen LogP contribution in [0.3, 0.4) is 0 Å². The fraction of sp³-hybridized carbons (Fsp3) is 0.312. The maximum Gasteiger partial charge on any atom is 0.169 e. The van der Waals surface area contributed by atoms with Gasteiger partial charge in [0, 0.05) is 47.2 Å². The Labute approximate surface area is 237 Å². The number of carbonyl (C=O) groups excluding carboxylic acids is 2. The molecule has 0 heterocycles. The number of carbonyl (C=O) groups is 2. The monoisotopic (exact) mass is 564 g/mol. The molecular weight excluding hydrogens is 528 g/mol. The van der Waals surface area contributed by atoms with E-state index in [1.165, 1.54) is 0 Å². The Morgan fingerprint density at radius 3 is 1.12 bits per heavy atom. The third kappa shape index (κ3) is 4.76. The van der Waals surface area contributed by atoms with Crippen molar-refractivity contribution < 1.29 is 45.0 Å². The van der Waals surface area contributed by atoms with E-state index in [0.29, 0.717) is 45.6 Å². The number of fused-ring (bicyclic) bond motifs is 2. The summed E-state index contributed by atoms with van der Waals surface area (Å²) < 4.78 is 4.25. The van der Waals surface area contributed by atoms with Crippen molar-refractivity contribution in [3.8, 4) is 45.6 Å². The molecule has 0 aliphatic heterocycles. The number of phenols is 6. The summed E-state index contributed by atoms with van der Waals surface area (Å²) in [4.78, 5) is 24.0. The predicted octanol–water partition coefficient (Wildman–Crippen LogP) is 6.64. The minimum absolute atomic E-state index is 0.00512. The molecule has 0 spiro atoms. The lowest BCUT2D eigenvalue weighted by Gasteiger charge is -2.23. The van der Waals surface area contributed by atoms with E-state index in [2.05, 4.69) is 4.74 Å². The number of ether oxygens (including phenoxy) is 1. The molecule has 0 aromatic heterocycles. The molecule has 0 saturated carbocycles. The Kier molecular flexibility index (Phi) is 8.74. The van der Waals surface area contributed by atoms with Gasteiger partial charge in [0.25, 0.3) is 0 Å². The molecule has 0 fully saturated rings. The normalized spacial score (nSPS) is 11.3. The first-order valence-electron chi connectivity index (χ1n) is 13.0. The van der Waals surface area contributed by atoms with Gasteiger partial charge < -0.3 is 35.4 Å². The number of hydrogen-bond acceptors (Lipinski definition) is 9. The van der Waals surface area contributed by atoms with Crippen molar-refractivity contribution in [2.75, 3.05) is 14.2 Å². The van der Waals surface area contributed by atoms with Crippen LogP contribution in [0.4, 0.5) is 0 Å². The molecule has 0 aliphatic rings. The Morgan fingerprint density at radius 1 is 0.585 bits per heavy atom. The number of aldehydes is 2. The Bertz CT molecular complexity index is 1570. The van der Waals surface area contributed by atoms with Gasteiger partial charge >= 0.3 is 0 Å². The van der Waals surface area contributed by atoms with E-state index in [1.54, 1.807) is 67.9 Å². The van der Waals surface area contributed by atoms with Crippen molar-refractivity contribution in [3.05, 3.63) is 45.5 Å². The van der Waals surface area contributed by atoms with Crippen LogP contribution in [-0.2, 0) is 4.74 Å². The lowest BCUT2D eigenvalue weighted by molar-refractivity contribution is 0.111. The number of methoxy groups -OCH3 is 1. The van der Waals surface area contributed by atoms with Crippen LogP contribution in [0.25, 0.3) is 32.7 Å². The smallest absolute Gasteiger partial charge is 0.169 e. The highest BCUT2D eigenvalue weighted by Gasteiger charge is 2.29. The van der Waals surface area contributed by atoms with Gasteiger partial charge in [0.05, 0.1) is 11.1 Å². The second kappa shape index (κ2) is 11.5. The van der Waals surface area contributed by atoms with Gasteiger partial charge in [0.1, 0.15) is 11.5 Å². The first kappa shape index (κ1) is 31.0. The largest absolute Gasteiger partial charge is 0.507 e. The summed E-state index contributed by atoms with van der Waals surface area (Å²) in [7, 11) is 3.25. The molecule has 0 radical (unpaired) electrons. The molecule has 0 atom stereocenters. The zero-order valence-corrected chi connectivity index (χ0v) is 24.4. The fourth-order valence-electron chi connectivity index (χ4n) is 5.60. The highest BCUT2D eigenvalue weighted by molar-refractivity contribution is 6.14. The van der Waals surface area contributed by atoms with E-state index >= 15 is 0 Å². The van der Waals surface area contributed by atoms with Crippen LogP contribution in [-0.4, -0.2) is 57.4 Å². The van der Waals surface area contributed by atoms with Gasteiger partial charge in [-0.15, -0.1) is 0 Å². The summed E-state index contributed by atoms with van der Waals surface area (Å²) in [6.07, 6.45) is 0.682. The molecule has 9 nitrogen and oxygen atoms in total. The second-order valence-electron chi connectivity index (χ2n) is 10.7.